The summed E-state index contributed by atoms with van der Waals surface area (Å²) in [6, 6.07) is 0. The van der Waals surface area contributed by atoms with Gasteiger partial charge in [0.1, 0.15) is 0 Å². The molecule has 0 aliphatic heterocycles. The zero-order chi connectivity index (χ0) is 7.78. The van der Waals surface area contributed by atoms with Gasteiger partial charge in [-0.05, 0) is 24.2 Å². The van der Waals surface area contributed by atoms with E-state index in [-0.39, 0.29) is 0 Å². The fourth-order valence-corrected chi connectivity index (χ4v) is 1.57. The van der Waals surface area contributed by atoms with Crippen molar-refractivity contribution >= 4 is 0 Å². The van der Waals surface area contributed by atoms with E-state index in [4.69, 9.17) is 0 Å². The highest BCUT2D eigenvalue weighted by Crippen LogP contribution is 2.37. The first-order chi connectivity index (χ1) is 4.51. The fraction of sp³-hybridized carbons (Fsp3) is 0.800. The van der Waals surface area contributed by atoms with Crippen molar-refractivity contribution in [2.75, 3.05) is 0 Å². The van der Waals surface area contributed by atoms with Crippen molar-refractivity contribution in [1.82, 2.24) is 0 Å². The Labute approximate surface area is 64.3 Å². The van der Waals surface area contributed by atoms with Crippen molar-refractivity contribution in [1.29, 1.82) is 0 Å². The molecule has 0 aromatic carbocycles. The van der Waals surface area contributed by atoms with Crippen LogP contribution in [0.2, 0.25) is 0 Å². The van der Waals surface area contributed by atoms with Crippen molar-refractivity contribution in [2.45, 2.75) is 40.5 Å². The van der Waals surface area contributed by atoms with Gasteiger partial charge in [0.15, 0.2) is 0 Å². The number of hydrogen-bond acceptors (Lipinski definition) is 0. The maximum Gasteiger partial charge on any atom is -0.0169 e. The van der Waals surface area contributed by atoms with Crippen molar-refractivity contribution in [2.24, 2.45) is 11.3 Å². The quantitative estimate of drug-likeness (QED) is 0.487. The summed E-state index contributed by atoms with van der Waals surface area (Å²) in [6.07, 6.45) is 5.13. The standard InChI is InChI=1S/C10H18/c1-8(2)9-5-6-10(3,4)7-9/h7-8H,5-6H2,1-4H3. The van der Waals surface area contributed by atoms with Gasteiger partial charge in [-0.25, -0.2) is 0 Å². The topological polar surface area (TPSA) is 0 Å². The molecule has 0 saturated carbocycles. The Balaban J connectivity index is 2.66. The van der Waals surface area contributed by atoms with Crippen LogP contribution in [0.3, 0.4) is 0 Å². The molecule has 0 heterocycles. The lowest BCUT2D eigenvalue weighted by Gasteiger charge is -2.11. The van der Waals surface area contributed by atoms with E-state index in [1.165, 1.54) is 12.8 Å². The molecule has 0 heteroatoms. The third kappa shape index (κ3) is 1.62. The Morgan fingerprint density at radius 2 is 2.00 bits per heavy atom. The molecule has 0 unspecified atom stereocenters. The molecule has 0 bridgehead atoms. The largest absolute Gasteiger partial charge is 0.0794 e. The maximum atomic E-state index is 2.46. The zero-order valence-corrected chi connectivity index (χ0v) is 7.57. The molecule has 10 heavy (non-hydrogen) atoms. The van der Waals surface area contributed by atoms with Crippen molar-refractivity contribution in [3.63, 3.8) is 0 Å². The normalized spacial score (nSPS) is 23.5. The van der Waals surface area contributed by atoms with Gasteiger partial charge in [-0.15, -0.1) is 0 Å². The van der Waals surface area contributed by atoms with E-state index in [0.29, 0.717) is 5.41 Å². The molecule has 0 nitrogen and oxygen atoms in total. The predicted octanol–water partition coefficient (Wildman–Crippen LogP) is 3.39. The summed E-state index contributed by atoms with van der Waals surface area (Å²) >= 11 is 0. The van der Waals surface area contributed by atoms with Crippen LogP contribution in [0.15, 0.2) is 11.6 Å². The smallest absolute Gasteiger partial charge is 0.0169 e. The minimum Gasteiger partial charge on any atom is -0.0794 e. The first-order valence-corrected chi connectivity index (χ1v) is 4.23. The van der Waals surface area contributed by atoms with Gasteiger partial charge in [0.2, 0.25) is 0 Å². The predicted molar refractivity (Wildman–Crippen MR) is 45.9 cm³/mol. The Bertz CT molecular complexity index is 149. The highest BCUT2D eigenvalue weighted by molar-refractivity contribution is 5.16. The molecule has 0 N–H and O–H groups in total. The van der Waals surface area contributed by atoms with Crippen LogP contribution in [0.5, 0.6) is 0 Å². The molecule has 0 radical (unpaired) electrons. The van der Waals surface area contributed by atoms with Crippen LogP contribution in [0.25, 0.3) is 0 Å². The minimum atomic E-state index is 0.486. The fourth-order valence-electron chi connectivity index (χ4n) is 1.57. The molecule has 0 fully saturated rings. The molecular weight excluding hydrogens is 120 g/mol. The number of allylic oxidation sites excluding steroid dienone is 2. The Hall–Kier alpha value is -0.260. The summed E-state index contributed by atoms with van der Waals surface area (Å²) in [4.78, 5) is 0. The summed E-state index contributed by atoms with van der Waals surface area (Å²) < 4.78 is 0. The van der Waals surface area contributed by atoms with Crippen LogP contribution in [0, 0.1) is 11.3 Å². The molecule has 1 aliphatic rings. The summed E-state index contributed by atoms with van der Waals surface area (Å²) in [5, 5.41) is 0. The van der Waals surface area contributed by atoms with Gasteiger partial charge in [0.05, 0.1) is 0 Å². The molecule has 0 spiro atoms. The van der Waals surface area contributed by atoms with Crippen molar-refractivity contribution in [3.05, 3.63) is 11.6 Å². The van der Waals surface area contributed by atoms with Gasteiger partial charge in [-0.2, -0.15) is 0 Å². The van der Waals surface area contributed by atoms with Gasteiger partial charge in [-0.3, -0.25) is 0 Å². The van der Waals surface area contributed by atoms with Crippen LogP contribution in [-0.4, -0.2) is 0 Å². The van der Waals surface area contributed by atoms with Crippen LogP contribution in [0.4, 0.5) is 0 Å². The van der Waals surface area contributed by atoms with Gasteiger partial charge >= 0.3 is 0 Å². The summed E-state index contributed by atoms with van der Waals surface area (Å²) in [7, 11) is 0. The molecular formula is C10H18. The second kappa shape index (κ2) is 2.41. The molecule has 1 rings (SSSR count). The molecule has 58 valence electrons. The average molecular weight is 138 g/mol. The molecule has 0 saturated heterocycles. The van der Waals surface area contributed by atoms with Gasteiger partial charge in [0.25, 0.3) is 0 Å². The summed E-state index contributed by atoms with van der Waals surface area (Å²) in [6.45, 7) is 9.21. The lowest BCUT2D eigenvalue weighted by atomic mass is 9.94. The lowest BCUT2D eigenvalue weighted by molar-refractivity contribution is 0.469. The van der Waals surface area contributed by atoms with Gasteiger partial charge in [-0.1, -0.05) is 39.3 Å². The van der Waals surface area contributed by atoms with Crippen LogP contribution >= 0.6 is 0 Å². The Morgan fingerprint density at radius 1 is 1.40 bits per heavy atom. The van der Waals surface area contributed by atoms with Crippen LogP contribution < -0.4 is 0 Å². The van der Waals surface area contributed by atoms with E-state index in [9.17, 15) is 0 Å². The molecule has 1 aliphatic carbocycles. The van der Waals surface area contributed by atoms with E-state index in [1.54, 1.807) is 5.57 Å². The van der Waals surface area contributed by atoms with Gasteiger partial charge < -0.3 is 0 Å². The Kier molecular flexibility index (Phi) is 1.89. The monoisotopic (exact) mass is 138 g/mol. The molecule has 0 amide bonds. The highest BCUT2D eigenvalue weighted by atomic mass is 14.3. The molecule has 0 aromatic heterocycles. The molecule has 0 atom stereocenters. The number of hydrogen-bond donors (Lipinski definition) is 0. The first kappa shape index (κ1) is 7.84. The lowest BCUT2D eigenvalue weighted by Crippen LogP contribution is -2.00. The molecule has 0 aromatic rings. The minimum absolute atomic E-state index is 0.486. The Morgan fingerprint density at radius 3 is 2.20 bits per heavy atom. The third-order valence-electron chi connectivity index (χ3n) is 2.38. The second-order valence-electron chi connectivity index (χ2n) is 4.36. The van der Waals surface area contributed by atoms with Crippen molar-refractivity contribution in [3.8, 4) is 0 Å². The van der Waals surface area contributed by atoms with E-state index in [2.05, 4.69) is 33.8 Å². The van der Waals surface area contributed by atoms with Crippen LogP contribution in [0.1, 0.15) is 40.5 Å². The summed E-state index contributed by atoms with van der Waals surface area (Å²) in [5.41, 5.74) is 2.14. The van der Waals surface area contributed by atoms with Crippen LogP contribution in [-0.2, 0) is 0 Å². The van der Waals surface area contributed by atoms with E-state index < -0.39 is 0 Å². The third-order valence-corrected chi connectivity index (χ3v) is 2.38. The van der Waals surface area contributed by atoms with Gasteiger partial charge in [0, 0.05) is 0 Å². The van der Waals surface area contributed by atoms with E-state index >= 15 is 0 Å². The zero-order valence-electron chi connectivity index (χ0n) is 7.57. The number of rotatable bonds is 1. The maximum absolute atomic E-state index is 2.46. The summed E-state index contributed by atoms with van der Waals surface area (Å²) in [5.74, 6) is 0.766. The second-order valence-corrected chi connectivity index (χ2v) is 4.36. The van der Waals surface area contributed by atoms with Crippen molar-refractivity contribution < 1.29 is 0 Å². The highest BCUT2D eigenvalue weighted by Gasteiger charge is 2.23. The average Bonchev–Trinajstić information content (AvgIpc) is 2.10. The van der Waals surface area contributed by atoms with E-state index in [1.807, 2.05) is 0 Å². The first-order valence-electron chi connectivity index (χ1n) is 4.23. The SMILES string of the molecule is CC(C)C1=CC(C)(C)CC1. The van der Waals surface area contributed by atoms with E-state index in [0.717, 1.165) is 5.92 Å².